The van der Waals surface area contributed by atoms with E-state index in [0.29, 0.717) is 17.2 Å². The molecule has 5 heteroatoms. The highest BCUT2D eigenvalue weighted by atomic mass is 32.2. The number of hydrogen-bond acceptors (Lipinski definition) is 5. The van der Waals surface area contributed by atoms with E-state index in [4.69, 9.17) is 4.98 Å². The van der Waals surface area contributed by atoms with Crippen LogP contribution in [0.4, 0.5) is 5.13 Å². The number of rotatable bonds is 3. The zero-order valence-electron chi connectivity index (χ0n) is 10.9. The third kappa shape index (κ3) is 2.28. The minimum absolute atomic E-state index is 0.149. The molecule has 3 rings (SSSR count). The maximum Gasteiger partial charge on any atom is 0.186 e. The van der Waals surface area contributed by atoms with E-state index in [1.54, 1.807) is 11.3 Å². The molecule has 2 atom stereocenters. The minimum atomic E-state index is 0.149. The standard InChI is InChI=1S/C13H20N2OS2/c1-8-9(2)17-6-5-15(8)13-14-12(10-3-4-10)11(7-16)18-13/h8-10,16H,3-7H2,1-2H3. The quantitative estimate of drug-likeness (QED) is 0.926. The first-order valence-electron chi connectivity index (χ1n) is 6.69. The first kappa shape index (κ1) is 12.8. The van der Waals surface area contributed by atoms with Crippen molar-refractivity contribution < 1.29 is 5.11 Å². The molecule has 18 heavy (non-hydrogen) atoms. The summed E-state index contributed by atoms with van der Waals surface area (Å²) in [6.45, 7) is 5.81. The second kappa shape index (κ2) is 5.02. The van der Waals surface area contributed by atoms with Crippen LogP contribution in [0.3, 0.4) is 0 Å². The molecular weight excluding hydrogens is 264 g/mol. The van der Waals surface area contributed by atoms with Crippen molar-refractivity contribution in [2.45, 2.75) is 50.5 Å². The van der Waals surface area contributed by atoms with Gasteiger partial charge in [0.25, 0.3) is 0 Å². The Morgan fingerprint density at radius 3 is 2.83 bits per heavy atom. The van der Waals surface area contributed by atoms with Crippen molar-refractivity contribution in [3.05, 3.63) is 10.6 Å². The zero-order chi connectivity index (χ0) is 12.7. The first-order valence-corrected chi connectivity index (χ1v) is 8.56. The number of aliphatic hydroxyl groups excluding tert-OH is 1. The first-order chi connectivity index (χ1) is 8.70. The third-order valence-corrected chi connectivity index (χ3v) is 6.38. The lowest BCUT2D eigenvalue weighted by atomic mass is 10.2. The fraction of sp³-hybridized carbons (Fsp3) is 0.769. The molecule has 2 unspecified atom stereocenters. The van der Waals surface area contributed by atoms with Gasteiger partial charge >= 0.3 is 0 Å². The van der Waals surface area contributed by atoms with E-state index >= 15 is 0 Å². The topological polar surface area (TPSA) is 36.4 Å². The van der Waals surface area contributed by atoms with Crippen LogP contribution in [0.25, 0.3) is 0 Å². The van der Waals surface area contributed by atoms with E-state index in [2.05, 4.69) is 18.7 Å². The molecule has 100 valence electrons. The van der Waals surface area contributed by atoms with E-state index in [-0.39, 0.29) is 6.61 Å². The van der Waals surface area contributed by atoms with Gasteiger partial charge in [-0.25, -0.2) is 4.98 Å². The molecule has 1 N–H and O–H groups in total. The molecule has 0 amide bonds. The van der Waals surface area contributed by atoms with Gasteiger partial charge in [0.15, 0.2) is 5.13 Å². The van der Waals surface area contributed by atoms with E-state index < -0.39 is 0 Å². The summed E-state index contributed by atoms with van der Waals surface area (Å²) in [6.07, 6.45) is 2.50. The van der Waals surface area contributed by atoms with Gasteiger partial charge in [0.05, 0.1) is 17.2 Å². The summed E-state index contributed by atoms with van der Waals surface area (Å²) in [5.41, 5.74) is 1.18. The van der Waals surface area contributed by atoms with Gasteiger partial charge in [-0.05, 0) is 19.8 Å². The summed E-state index contributed by atoms with van der Waals surface area (Å²) < 4.78 is 0. The number of hydrogen-bond donors (Lipinski definition) is 1. The minimum Gasteiger partial charge on any atom is -0.391 e. The molecule has 1 aliphatic carbocycles. The number of thioether (sulfide) groups is 1. The van der Waals surface area contributed by atoms with Crippen LogP contribution < -0.4 is 4.90 Å². The Labute approximate surface area is 117 Å². The number of thiazole rings is 1. The number of aromatic nitrogens is 1. The zero-order valence-corrected chi connectivity index (χ0v) is 12.6. The van der Waals surface area contributed by atoms with E-state index in [0.717, 1.165) is 16.6 Å². The molecule has 1 aromatic heterocycles. The van der Waals surface area contributed by atoms with Crippen LogP contribution in [0.1, 0.15) is 43.2 Å². The van der Waals surface area contributed by atoms with Crippen LogP contribution in [0.5, 0.6) is 0 Å². The molecule has 1 aromatic rings. The highest BCUT2D eigenvalue weighted by Crippen LogP contribution is 2.45. The molecule has 0 radical (unpaired) electrons. The van der Waals surface area contributed by atoms with Crippen LogP contribution in [-0.2, 0) is 6.61 Å². The van der Waals surface area contributed by atoms with Crippen molar-refractivity contribution in [1.82, 2.24) is 4.98 Å². The Kier molecular flexibility index (Phi) is 3.56. The van der Waals surface area contributed by atoms with Gasteiger partial charge in [-0.2, -0.15) is 11.8 Å². The second-order valence-electron chi connectivity index (χ2n) is 5.25. The molecule has 2 fully saturated rings. The third-order valence-electron chi connectivity index (χ3n) is 3.95. The molecule has 0 bridgehead atoms. The van der Waals surface area contributed by atoms with Gasteiger partial charge in [-0.1, -0.05) is 18.3 Å². The van der Waals surface area contributed by atoms with Crippen molar-refractivity contribution >= 4 is 28.2 Å². The SMILES string of the molecule is CC1SCCN(c2nc(C3CC3)c(CO)s2)C1C. The van der Waals surface area contributed by atoms with Crippen LogP contribution >= 0.6 is 23.1 Å². The normalized spacial score (nSPS) is 28.7. The van der Waals surface area contributed by atoms with Gasteiger partial charge in [-0.15, -0.1) is 0 Å². The summed E-state index contributed by atoms with van der Waals surface area (Å²) in [4.78, 5) is 8.34. The Morgan fingerprint density at radius 1 is 1.39 bits per heavy atom. The summed E-state index contributed by atoms with van der Waals surface area (Å²) in [5, 5.41) is 11.3. The molecule has 1 aliphatic heterocycles. The molecule has 0 aromatic carbocycles. The summed E-state index contributed by atoms with van der Waals surface area (Å²) in [7, 11) is 0. The van der Waals surface area contributed by atoms with Crippen molar-refractivity contribution in [3.8, 4) is 0 Å². The number of aliphatic hydroxyl groups is 1. The van der Waals surface area contributed by atoms with E-state index in [1.807, 2.05) is 11.8 Å². The lowest BCUT2D eigenvalue weighted by Gasteiger charge is -2.37. The molecule has 1 saturated carbocycles. The largest absolute Gasteiger partial charge is 0.391 e. The maximum absolute atomic E-state index is 9.47. The van der Waals surface area contributed by atoms with Gasteiger partial charge < -0.3 is 10.0 Å². The van der Waals surface area contributed by atoms with Crippen molar-refractivity contribution in [2.24, 2.45) is 0 Å². The van der Waals surface area contributed by atoms with Crippen LogP contribution in [0.15, 0.2) is 0 Å². The van der Waals surface area contributed by atoms with Gasteiger partial charge in [0.1, 0.15) is 0 Å². The van der Waals surface area contributed by atoms with Crippen LogP contribution in [0.2, 0.25) is 0 Å². The van der Waals surface area contributed by atoms with Gasteiger partial charge in [0, 0.05) is 29.5 Å². The highest BCUT2D eigenvalue weighted by Gasteiger charge is 2.32. The fourth-order valence-electron chi connectivity index (χ4n) is 2.47. The second-order valence-corrected chi connectivity index (χ2v) is 7.79. The smallest absolute Gasteiger partial charge is 0.186 e. The van der Waals surface area contributed by atoms with Crippen molar-refractivity contribution in [1.29, 1.82) is 0 Å². The predicted molar refractivity (Wildman–Crippen MR) is 78.7 cm³/mol. The average molecular weight is 284 g/mol. The highest BCUT2D eigenvalue weighted by molar-refractivity contribution is 8.00. The number of anilines is 1. The monoisotopic (exact) mass is 284 g/mol. The molecular formula is C13H20N2OS2. The molecule has 0 spiro atoms. The molecule has 2 heterocycles. The fourth-order valence-corrected chi connectivity index (χ4v) is 4.69. The molecule has 2 aliphatic rings. The maximum atomic E-state index is 9.47. The van der Waals surface area contributed by atoms with Crippen molar-refractivity contribution in [2.75, 3.05) is 17.2 Å². The van der Waals surface area contributed by atoms with Gasteiger partial charge in [0.2, 0.25) is 0 Å². The average Bonchev–Trinajstić information content (AvgIpc) is 3.13. The Balaban J connectivity index is 1.86. The number of nitrogens with zero attached hydrogens (tertiary/aromatic N) is 2. The summed E-state index contributed by atoms with van der Waals surface area (Å²) >= 11 is 3.74. The van der Waals surface area contributed by atoms with Crippen molar-refractivity contribution in [3.63, 3.8) is 0 Å². The molecule has 1 saturated heterocycles. The summed E-state index contributed by atoms with van der Waals surface area (Å²) in [6, 6.07) is 0.536. The van der Waals surface area contributed by atoms with E-state index in [1.165, 1.54) is 24.3 Å². The predicted octanol–water partition coefficient (Wildman–Crippen LogP) is 2.84. The lowest BCUT2D eigenvalue weighted by molar-refractivity contribution is 0.284. The Morgan fingerprint density at radius 2 is 2.17 bits per heavy atom. The molecule has 3 nitrogen and oxygen atoms in total. The van der Waals surface area contributed by atoms with E-state index in [9.17, 15) is 5.11 Å². The van der Waals surface area contributed by atoms with Crippen LogP contribution in [0, 0.1) is 0 Å². The Hall–Kier alpha value is -0.260. The van der Waals surface area contributed by atoms with Crippen LogP contribution in [-0.4, -0.2) is 33.7 Å². The van der Waals surface area contributed by atoms with Gasteiger partial charge in [-0.3, -0.25) is 0 Å². The summed E-state index contributed by atoms with van der Waals surface area (Å²) in [5.74, 6) is 1.81. The lowest BCUT2D eigenvalue weighted by Crippen LogP contribution is -2.44. The Bertz CT molecular complexity index is 431.